The summed E-state index contributed by atoms with van der Waals surface area (Å²) in [6, 6.07) is 3.58. The van der Waals surface area contributed by atoms with Crippen LogP contribution in [0.1, 0.15) is 39.2 Å². The summed E-state index contributed by atoms with van der Waals surface area (Å²) in [4.78, 5) is 31.1. The Morgan fingerprint density at radius 1 is 1.28 bits per heavy atom. The molecule has 2 aliphatic rings. The van der Waals surface area contributed by atoms with Gasteiger partial charge in [0.2, 0.25) is 0 Å². The third kappa shape index (κ3) is 4.37. The Kier molecular flexibility index (Phi) is 5.08. The average molecular weight is 346 g/mol. The molecule has 6 heteroatoms. The first-order valence-electron chi connectivity index (χ1n) is 8.84. The highest BCUT2D eigenvalue weighted by molar-refractivity contribution is 5.83. The van der Waals surface area contributed by atoms with Crippen LogP contribution in [-0.2, 0) is 20.7 Å². The number of Topliss-reactive ketones (excluding diaryl/α,β-unsaturated/α-hetero) is 1. The van der Waals surface area contributed by atoms with Gasteiger partial charge in [-0.15, -0.1) is 0 Å². The van der Waals surface area contributed by atoms with Crippen molar-refractivity contribution in [2.24, 2.45) is 5.92 Å². The highest BCUT2D eigenvalue weighted by Gasteiger charge is 2.44. The number of pyridine rings is 1. The molecule has 25 heavy (non-hydrogen) atoms. The van der Waals surface area contributed by atoms with Crippen molar-refractivity contribution in [2.45, 2.75) is 57.7 Å². The number of ketones is 1. The van der Waals surface area contributed by atoms with Crippen molar-refractivity contribution in [2.75, 3.05) is 13.2 Å². The quantitative estimate of drug-likeness (QED) is 0.841. The number of hydrogen-bond acceptors (Lipinski definition) is 5. The average Bonchev–Trinajstić information content (AvgIpc) is 2.52. The van der Waals surface area contributed by atoms with Crippen molar-refractivity contribution in [1.82, 2.24) is 9.88 Å². The highest BCUT2D eigenvalue weighted by Crippen LogP contribution is 2.33. The van der Waals surface area contributed by atoms with E-state index in [0.29, 0.717) is 32.5 Å². The smallest absolute Gasteiger partial charge is 0.410 e. The van der Waals surface area contributed by atoms with Crippen molar-refractivity contribution in [3.63, 3.8) is 0 Å². The Balaban J connectivity index is 1.66. The molecule has 2 atom stereocenters. The molecule has 0 radical (unpaired) electrons. The highest BCUT2D eigenvalue weighted by atomic mass is 16.6. The van der Waals surface area contributed by atoms with Gasteiger partial charge in [-0.2, -0.15) is 0 Å². The van der Waals surface area contributed by atoms with Gasteiger partial charge in [0.15, 0.2) is 0 Å². The Morgan fingerprint density at radius 3 is 2.52 bits per heavy atom. The van der Waals surface area contributed by atoms with Gasteiger partial charge in [-0.3, -0.25) is 14.7 Å². The number of hydrogen-bond donors (Lipinski definition) is 0. The molecule has 1 aromatic rings. The molecule has 1 aromatic heterocycles. The number of ether oxygens (including phenoxy) is 2. The molecule has 3 rings (SSSR count). The minimum atomic E-state index is -0.529. The van der Waals surface area contributed by atoms with Crippen molar-refractivity contribution in [3.05, 3.63) is 30.1 Å². The van der Waals surface area contributed by atoms with Crippen LogP contribution >= 0.6 is 0 Å². The van der Waals surface area contributed by atoms with Crippen LogP contribution in [0.4, 0.5) is 4.79 Å². The van der Waals surface area contributed by atoms with E-state index in [1.165, 1.54) is 0 Å². The molecule has 6 nitrogen and oxygen atoms in total. The SMILES string of the molecule is CC(C)(C)OC(=O)N1C2COCC1CC(C(=O)Cc1cccnc1)C2. The van der Waals surface area contributed by atoms with Gasteiger partial charge >= 0.3 is 6.09 Å². The maximum Gasteiger partial charge on any atom is 0.410 e. The molecule has 2 unspecified atom stereocenters. The Bertz CT molecular complexity index is 612. The van der Waals surface area contributed by atoms with Crippen LogP contribution in [-0.4, -0.2) is 52.7 Å². The molecule has 0 spiro atoms. The zero-order valence-electron chi connectivity index (χ0n) is 15.1. The van der Waals surface area contributed by atoms with Gasteiger partial charge in [0.1, 0.15) is 11.4 Å². The van der Waals surface area contributed by atoms with Crippen molar-refractivity contribution in [1.29, 1.82) is 0 Å². The molecule has 0 N–H and O–H groups in total. The predicted molar refractivity (Wildman–Crippen MR) is 92.1 cm³/mol. The summed E-state index contributed by atoms with van der Waals surface area (Å²) in [6.07, 6.45) is 4.80. The molecule has 1 amide bonds. The van der Waals surface area contributed by atoms with E-state index in [0.717, 1.165) is 5.56 Å². The summed E-state index contributed by atoms with van der Waals surface area (Å²) in [5.74, 6) is 0.173. The summed E-state index contributed by atoms with van der Waals surface area (Å²) in [5.41, 5.74) is 0.405. The monoisotopic (exact) mass is 346 g/mol. The third-order valence-corrected chi connectivity index (χ3v) is 4.68. The van der Waals surface area contributed by atoms with Crippen LogP contribution in [0, 0.1) is 5.92 Å². The molecule has 2 bridgehead atoms. The lowest BCUT2D eigenvalue weighted by Gasteiger charge is -2.47. The number of aromatic nitrogens is 1. The van der Waals surface area contributed by atoms with Crippen LogP contribution in [0.15, 0.2) is 24.5 Å². The van der Waals surface area contributed by atoms with E-state index in [4.69, 9.17) is 9.47 Å². The van der Waals surface area contributed by atoms with E-state index in [9.17, 15) is 9.59 Å². The van der Waals surface area contributed by atoms with Crippen LogP contribution in [0.5, 0.6) is 0 Å². The van der Waals surface area contributed by atoms with Gasteiger partial charge in [0.05, 0.1) is 25.3 Å². The van der Waals surface area contributed by atoms with Gasteiger partial charge in [0.25, 0.3) is 0 Å². The minimum Gasteiger partial charge on any atom is -0.444 e. The molecule has 0 aliphatic carbocycles. The summed E-state index contributed by atoms with van der Waals surface area (Å²) in [6.45, 7) is 6.52. The maximum absolute atomic E-state index is 12.7. The van der Waals surface area contributed by atoms with Crippen molar-refractivity contribution in [3.8, 4) is 0 Å². The Hall–Kier alpha value is -1.95. The summed E-state index contributed by atoms with van der Waals surface area (Å²) in [5, 5.41) is 0. The molecule has 3 heterocycles. The third-order valence-electron chi connectivity index (χ3n) is 4.68. The van der Waals surface area contributed by atoms with E-state index >= 15 is 0 Å². The number of morpholine rings is 1. The summed E-state index contributed by atoms with van der Waals surface area (Å²) in [7, 11) is 0. The lowest BCUT2D eigenvalue weighted by atomic mass is 9.81. The zero-order valence-corrected chi connectivity index (χ0v) is 15.1. The normalized spacial score (nSPS) is 26.2. The van der Waals surface area contributed by atoms with Gasteiger partial charge in [-0.05, 0) is 45.2 Å². The van der Waals surface area contributed by atoms with Crippen LogP contribution in [0.25, 0.3) is 0 Å². The largest absolute Gasteiger partial charge is 0.444 e. The number of fused-ring (bicyclic) bond motifs is 2. The fraction of sp³-hybridized carbons (Fsp3) is 0.632. The summed E-state index contributed by atoms with van der Waals surface area (Å²) < 4.78 is 11.2. The Morgan fingerprint density at radius 2 is 1.96 bits per heavy atom. The fourth-order valence-corrected chi connectivity index (χ4v) is 3.64. The first-order chi connectivity index (χ1) is 11.8. The lowest BCUT2D eigenvalue weighted by Crippen LogP contribution is -2.60. The van der Waals surface area contributed by atoms with Crippen LogP contribution in [0.3, 0.4) is 0 Å². The van der Waals surface area contributed by atoms with Crippen LogP contribution in [0.2, 0.25) is 0 Å². The number of nitrogens with zero attached hydrogens (tertiary/aromatic N) is 2. The zero-order chi connectivity index (χ0) is 18.0. The van der Waals surface area contributed by atoms with Crippen molar-refractivity contribution >= 4 is 11.9 Å². The fourth-order valence-electron chi connectivity index (χ4n) is 3.64. The maximum atomic E-state index is 12.7. The number of rotatable bonds is 3. The molecule has 0 aromatic carbocycles. The molecule has 0 saturated carbocycles. The minimum absolute atomic E-state index is 0.0437. The second-order valence-corrected chi connectivity index (χ2v) is 7.91. The van der Waals surface area contributed by atoms with Gasteiger partial charge in [-0.25, -0.2) is 4.79 Å². The molecule has 2 saturated heterocycles. The second kappa shape index (κ2) is 7.12. The van der Waals surface area contributed by atoms with E-state index < -0.39 is 5.60 Å². The summed E-state index contributed by atoms with van der Waals surface area (Å²) >= 11 is 0. The van der Waals surface area contributed by atoms with Gasteiger partial charge in [-0.1, -0.05) is 6.07 Å². The lowest BCUT2D eigenvalue weighted by molar-refractivity contribution is -0.131. The number of amides is 1. The van der Waals surface area contributed by atoms with Crippen LogP contribution < -0.4 is 0 Å². The predicted octanol–water partition coefficient (Wildman–Crippen LogP) is 2.61. The van der Waals surface area contributed by atoms with E-state index in [1.807, 2.05) is 32.9 Å². The van der Waals surface area contributed by atoms with E-state index in [2.05, 4.69) is 4.98 Å². The topological polar surface area (TPSA) is 68.7 Å². The molecular weight excluding hydrogens is 320 g/mol. The number of carbonyl (C=O) groups is 2. The first kappa shape index (κ1) is 17.9. The standard InChI is InChI=1S/C19H26N2O4/c1-19(2,3)25-18(23)21-15-8-14(9-16(21)12-24-11-15)17(22)7-13-5-4-6-20-10-13/h4-6,10,14-16H,7-9,11-12H2,1-3H3. The first-order valence-corrected chi connectivity index (χ1v) is 8.84. The molecule has 2 fully saturated rings. The van der Waals surface area contributed by atoms with E-state index in [1.54, 1.807) is 17.3 Å². The molecule has 2 aliphatic heterocycles. The molecule has 136 valence electrons. The van der Waals surface area contributed by atoms with Gasteiger partial charge in [0, 0.05) is 24.7 Å². The number of carbonyl (C=O) groups excluding carboxylic acids is 2. The van der Waals surface area contributed by atoms with Gasteiger partial charge < -0.3 is 9.47 Å². The second-order valence-electron chi connectivity index (χ2n) is 7.91. The number of piperidine rings is 1. The van der Waals surface area contributed by atoms with E-state index in [-0.39, 0.29) is 29.9 Å². The van der Waals surface area contributed by atoms with Crippen molar-refractivity contribution < 1.29 is 19.1 Å². The molecular formula is C19H26N2O4. The Labute approximate surface area is 148 Å².